The van der Waals surface area contributed by atoms with E-state index in [1.165, 1.54) is 0 Å². The minimum atomic E-state index is -1.84. The molecule has 6 heteroatoms. The van der Waals surface area contributed by atoms with E-state index >= 15 is 0 Å². The minimum absolute atomic E-state index is 0.0926. The zero-order chi connectivity index (χ0) is 15.8. The average molecular weight is 288 g/mol. The van der Waals surface area contributed by atoms with Crippen molar-refractivity contribution in [3.8, 4) is 11.4 Å². The molecule has 0 amide bonds. The predicted octanol–water partition coefficient (Wildman–Crippen LogP) is 2.13. The number of aromatic nitrogens is 2. The zero-order valence-electron chi connectivity index (χ0n) is 13.1. The summed E-state index contributed by atoms with van der Waals surface area (Å²) >= 11 is 0. The van der Waals surface area contributed by atoms with Gasteiger partial charge in [-0.2, -0.15) is 5.10 Å². The molecule has 2 N–H and O–H groups in total. The van der Waals surface area contributed by atoms with Gasteiger partial charge in [0, 0.05) is 11.8 Å². The molecule has 1 aromatic heterocycles. The summed E-state index contributed by atoms with van der Waals surface area (Å²) in [6.07, 6.45) is 0. The van der Waals surface area contributed by atoms with Crippen molar-refractivity contribution in [3.05, 3.63) is 41.2 Å². The van der Waals surface area contributed by atoms with Gasteiger partial charge >= 0.3 is 7.32 Å². The first-order chi connectivity index (χ1) is 9.66. The van der Waals surface area contributed by atoms with Crippen molar-refractivity contribution in [1.82, 2.24) is 9.78 Å². The standard InChI is InChI=1S/C15H21BN2O3/c1-10-6-11(2)18(17-10)13-7-12(15(3,4)5)8-14(9-13)21-16(19)20/h6-9,19-20H,1-5H3. The van der Waals surface area contributed by atoms with E-state index in [2.05, 4.69) is 25.9 Å². The zero-order valence-corrected chi connectivity index (χ0v) is 13.1. The van der Waals surface area contributed by atoms with Crippen molar-refractivity contribution >= 4 is 7.32 Å². The maximum Gasteiger partial charge on any atom is 0.707 e. The maximum atomic E-state index is 9.03. The van der Waals surface area contributed by atoms with Crippen LogP contribution in [-0.4, -0.2) is 27.1 Å². The van der Waals surface area contributed by atoms with Gasteiger partial charge in [0.2, 0.25) is 0 Å². The van der Waals surface area contributed by atoms with Crippen LogP contribution in [0.4, 0.5) is 0 Å². The van der Waals surface area contributed by atoms with Crippen LogP contribution in [0.25, 0.3) is 5.69 Å². The summed E-state index contributed by atoms with van der Waals surface area (Å²) in [5.74, 6) is 0.403. The second-order valence-corrected chi connectivity index (χ2v) is 6.25. The van der Waals surface area contributed by atoms with Crippen LogP contribution in [0.15, 0.2) is 24.3 Å². The van der Waals surface area contributed by atoms with Crippen molar-refractivity contribution in [1.29, 1.82) is 0 Å². The summed E-state index contributed by atoms with van der Waals surface area (Å²) in [6, 6.07) is 7.59. The van der Waals surface area contributed by atoms with Crippen molar-refractivity contribution in [2.45, 2.75) is 40.0 Å². The molecule has 0 atom stereocenters. The molecule has 21 heavy (non-hydrogen) atoms. The van der Waals surface area contributed by atoms with Crippen LogP contribution in [0, 0.1) is 13.8 Å². The molecule has 1 aromatic carbocycles. The fourth-order valence-electron chi connectivity index (χ4n) is 2.22. The van der Waals surface area contributed by atoms with Gasteiger partial charge in [0.15, 0.2) is 0 Å². The Labute approximate surface area is 125 Å². The van der Waals surface area contributed by atoms with Gasteiger partial charge in [0.1, 0.15) is 5.75 Å². The number of benzene rings is 1. The van der Waals surface area contributed by atoms with Crippen LogP contribution in [0.1, 0.15) is 37.7 Å². The fourth-order valence-corrected chi connectivity index (χ4v) is 2.22. The van der Waals surface area contributed by atoms with Crippen LogP contribution in [-0.2, 0) is 5.41 Å². The molecule has 1 heterocycles. The Bertz CT molecular complexity index is 645. The van der Waals surface area contributed by atoms with E-state index in [0.29, 0.717) is 5.75 Å². The Hall–Kier alpha value is -1.79. The molecule has 0 radical (unpaired) electrons. The van der Waals surface area contributed by atoms with Crippen molar-refractivity contribution in [3.63, 3.8) is 0 Å². The lowest BCUT2D eigenvalue weighted by atomic mass is 9.86. The number of hydrogen-bond donors (Lipinski definition) is 2. The molecular formula is C15H21BN2O3. The van der Waals surface area contributed by atoms with Crippen molar-refractivity contribution in [2.75, 3.05) is 0 Å². The second kappa shape index (κ2) is 5.54. The Morgan fingerprint density at radius 3 is 2.24 bits per heavy atom. The molecule has 0 saturated carbocycles. The quantitative estimate of drug-likeness (QED) is 0.849. The summed E-state index contributed by atoms with van der Waals surface area (Å²) < 4.78 is 6.85. The molecule has 0 aliphatic carbocycles. The lowest BCUT2D eigenvalue weighted by Crippen LogP contribution is -2.21. The molecule has 0 fully saturated rings. The number of rotatable bonds is 3. The normalized spacial score (nSPS) is 11.6. The Morgan fingerprint density at radius 2 is 1.76 bits per heavy atom. The van der Waals surface area contributed by atoms with Gasteiger partial charge in [-0.1, -0.05) is 20.8 Å². The van der Waals surface area contributed by atoms with E-state index in [0.717, 1.165) is 22.6 Å². The molecule has 0 saturated heterocycles. The third kappa shape index (κ3) is 3.65. The van der Waals surface area contributed by atoms with Crippen LogP contribution in [0.2, 0.25) is 0 Å². The van der Waals surface area contributed by atoms with Gasteiger partial charge in [-0.15, -0.1) is 0 Å². The monoisotopic (exact) mass is 288 g/mol. The number of aryl methyl sites for hydroxylation is 2. The lowest BCUT2D eigenvalue weighted by Gasteiger charge is -2.21. The highest BCUT2D eigenvalue weighted by Crippen LogP contribution is 2.29. The molecule has 0 aliphatic heterocycles. The average Bonchev–Trinajstić information content (AvgIpc) is 2.66. The SMILES string of the molecule is Cc1cc(C)n(-c2cc(OB(O)O)cc(C(C)(C)C)c2)n1. The summed E-state index contributed by atoms with van der Waals surface area (Å²) in [5.41, 5.74) is 3.71. The van der Waals surface area contributed by atoms with E-state index < -0.39 is 7.32 Å². The first kappa shape index (κ1) is 15.6. The third-order valence-corrected chi connectivity index (χ3v) is 3.25. The Kier molecular flexibility index (Phi) is 4.12. The minimum Gasteiger partial charge on any atom is -0.512 e. The largest absolute Gasteiger partial charge is 0.707 e. The number of nitrogens with zero attached hydrogens (tertiary/aromatic N) is 2. The van der Waals surface area contributed by atoms with Gasteiger partial charge in [-0.25, -0.2) is 4.68 Å². The molecule has 0 bridgehead atoms. The van der Waals surface area contributed by atoms with E-state index in [-0.39, 0.29) is 5.41 Å². The summed E-state index contributed by atoms with van der Waals surface area (Å²) in [5, 5.41) is 22.5. The molecule has 0 aliphatic rings. The highest BCUT2D eigenvalue weighted by molar-refractivity contribution is 6.33. The molecule has 0 spiro atoms. The molecule has 0 unspecified atom stereocenters. The molecule has 112 valence electrons. The third-order valence-electron chi connectivity index (χ3n) is 3.25. The van der Waals surface area contributed by atoms with Gasteiger partial charge < -0.3 is 14.7 Å². The molecule has 2 aromatic rings. The van der Waals surface area contributed by atoms with Crippen LogP contribution < -0.4 is 4.65 Å². The Morgan fingerprint density at radius 1 is 1.10 bits per heavy atom. The lowest BCUT2D eigenvalue weighted by molar-refractivity contribution is 0.288. The summed E-state index contributed by atoms with van der Waals surface area (Å²) in [7, 11) is -1.84. The van der Waals surface area contributed by atoms with Crippen LogP contribution >= 0.6 is 0 Å². The van der Waals surface area contributed by atoms with E-state index in [1.807, 2.05) is 36.7 Å². The first-order valence-electron chi connectivity index (χ1n) is 6.89. The van der Waals surface area contributed by atoms with Gasteiger partial charge in [0.25, 0.3) is 0 Å². The topological polar surface area (TPSA) is 67.5 Å². The summed E-state index contributed by atoms with van der Waals surface area (Å²) in [4.78, 5) is 0. The maximum absolute atomic E-state index is 9.03. The summed E-state index contributed by atoms with van der Waals surface area (Å²) in [6.45, 7) is 10.2. The van der Waals surface area contributed by atoms with Crippen LogP contribution in [0.5, 0.6) is 5.75 Å². The Balaban J connectivity index is 2.57. The molecule has 5 nitrogen and oxygen atoms in total. The molecular weight excluding hydrogens is 267 g/mol. The predicted molar refractivity (Wildman–Crippen MR) is 82.6 cm³/mol. The van der Waals surface area contributed by atoms with Crippen LogP contribution in [0.3, 0.4) is 0 Å². The number of hydrogen-bond acceptors (Lipinski definition) is 4. The highest BCUT2D eigenvalue weighted by Gasteiger charge is 2.19. The van der Waals surface area contributed by atoms with Gasteiger partial charge in [-0.05, 0) is 43.0 Å². The van der Waals surface area contributed by atoms with Gasteiger partial charge in [0.05, 0.1) is 11.4 Å². The van der Waals surface area contributed by atoms with Gasteiger partial charge in [-0.3, -0.25) is 0 Å². The van der Waals surface area contributed by atoms with Crippen molar-refractivity contribution in [2.24, 2.45) is 0 Å². The smallest absolute Gasteiger partial charge is 0.512 e. The van der Waals surface area contributed by atoms with Crippen molar-refractivity contribution < 1.29 is 14.7 Å². The molecule has 2 rings (SSSR count). The van der Waals surface area contributed by atoms with E-state index in [4.69, 9.17) is 14.7 Å². The highest BCUT2D eigenvalue weighted by atomic mass is 16.6. The first-order valence-corrected chi connectivity index (χ1v) is 6.89. The van der Waals surface area contributed by atoms with E-state index in [9.17, 15) is 0 Å². The van der Waals surface area contributed by atoms with E-state index in [1.54, 1.807) is 6.07 Å². The fraction of sp³-hybridized carbons (Fsp3) is 0.400. The second-order valence-electron chi connectivity index (χ2n) is 6.25.